The standard InChI is InChI=1S/C25H27FN2O5/c1-30-24-16-22(33-27-24)6-8-25(29)28-9-10-31-11-12-32-23-7-5-21(26)15-20(23)14-18-3-2-4-19(13-18)17-28/h2-5,7,13,15-16H,6,8-12,14,17H2,1H3. The van der Waals surface area contributed by atoms with Crippen LogP contribution in [0.1, 0.15) is 28.9 Å². The van der Waals surface area contributed by atoms with E-state index in [1.54, 1.807) is 17.0 Å². The van der Waals surface area contributed by atoms with Crippen molar-refractivity contribution in [1.82, 2.24) is 10.1 Å². The third-order valence-corrected chi connectivity index (χ3v) is 5.46. The molecule has 1 amide bonds. The zero-order valence-corrected chi connectivity index (χ0v) is 18.6. The molecule has 2 bridgehead atoms. The van der Waals surface area contributed by atoms with Crippen LogP contribution in [0.15, 0.2) is 53.1 Å². The minimum atomic E-state index is -0.299. The maximum Gasteiger partial charge on any atom is 0.254 e. The molecule has 4 rings (SSSR count). The van der Waals surface area contributed by atoms with Gasteiger partial charge in [0.25, 0.3) is 5.88 Å². The number of halogens is 1. The van der Waals surface area contributed by atoms with Crippen LogP contribution in [-0.2, 0) is 28.9 Å². The number of methoxy groups -OCH3 is 1. The fourth-order valence-corrected chi connectivity index (χ4v) is 3.78. The summed E-state index contributed by atoms with van der Waals surface area (Å²) in [6, 6.07) is 14.2. The van der Waals surface area contributed by atoms with Gasteiger partial charge in [-0.05, 0) is 34.5 Å². The Morgan fingerprint density at radius 1 is 1.12 bits per heavy atom. The fourth-order valence-electron chi connectivity index (χ4n) is 3.78. The molecule has 0 saturated heterocycles. The van der Waals surface area contributed by atoms with Crippen molar-refractivity contribution in [3.8, 4) is 11.6 Å². The van der Waals surface area contributed by atoms with E-state index in [1.807, 2.05) is 24.3 Å². The number of aryl methyl sites for hydroxylation is 1. The topological polar surface area (TPSA) is 74.0 Å². The van der Waals surface area contributed by atoms with Crippen LogP contribution in [0.25, 0.3) is 0 Å². The van der Waals surface area contributed by atoms with Gasteiger partial charge < -0.3 is 23.6 Å². The van der Waals surface area contributed by atoms with Crippen LogP contribution in [0.4, 0.5) is 4.39 Å². The van der Waals surface area contributed by atoms with E-state index in [0.29, 0.717) is 63.1 Å². The Balaban J connectivity index is 1.49. The molecule has 7 nitrogen and oxygen atoms in total. The normalized spacial score (nSPS) is 14.7. The summed E-state index contributed by atoms with van der Waals surface area (Å²) in [6.45, 7) is 2.04. The van der Waals surface area contributed by atoms with E-state index in [0.717, 1.165) is 16.7 Å². The highest BCUT2D eigenvalue weighted by Gasteiger charge is 2.17. The Hall–Kier alpha value is -3.39. The highest BCUT2D eigenvalue weighted by atomic mass is 19.1. The Bertz CT molecular complexity index is 1080. The number of benzene rings is 2. The molecule has 3 aromatic rings. The third kappa shape index (κ3) is 6.32. The molecule has 174 valence electrons. The number of hydrogen-bond donors (Lipinski definition) is 0. The number of rotatable bonds is 4. The number of hydrogen-bond acceptors (Lipinski definition) is 6. The van der Waals surface area contributed by atoms with Crippen LogP contribution < -0.4 is 9.47 Å². The SMILES string of the molecule is COc1cc(CCC(=O)N2CCOCCOc3ccc(F)cc3Cc3cccc(c3)C2)on1. The highest BCUT2D eigenvalue weighted by molar-refractivity contribution is 5.76. The van der Waals surface area contributed by atoms with Crippen molar-refractivity contribution in [1.29, 1.82) is 0 Å². The smallest absolute Gasteiger partial charge is 0.254 e. The minimum absolute atomic E-state index is 0.00451. The maximum atomic E-state index is 13.9. The molecular formula is C25H27FN2O5. The van der Waals surface area contributed by atoms with Crippen molar-refractivity contribution < 1.29 is 27.9 Å². The first-order valence-corrected chi connectivity index (χ1v) is 10.9. The zero-order chi connectivity index (χ0) is 23.0. The van der Waals surface area contributed by atoms with Gasteiger partial charge >= 0.3 is 0 Å². The van der Waals surface area contributed by atoms with Crippen LogP contribution in [0.2, 0.25) is 0 Å². The molecule has 1 aliphatic heterocycles. The van der Waals surface area contributed by atoms with Crippen molar-refractivity contribution in [2.45, 2.75) is 25.8 Å². The lowest BCUT2D eigenvalue weighted by Crippen LogP contribution is -2.34. The number of aromatic nitrogens is 1. The number of carbonyl (C=O) groups is 1. The molecule has 2 heterocycles. The number of ether oxygens (including phenoxy) is 3. The Morgan fingerprint density at radius 3 is 2.85 bits per heavy atom. The molecule has 0 saturated carbocycles. The summed E-state index contributed by atoms with van der Waals surface area (Å²) < 4.78 is 35.6. The minimum Gasteiger partial charge on any atom is -0.491 e. The van der Waals surface area contributed by atoms with E-state index in [2.05, 4.69) is 5.16 Å². The first-order chi connectivity index (χ1) is 16.1. The molecule has 1 aromatic heterocycles. The Labute approximate surface area is 192 Å². The molecule has 1 aliphatic rings. The van der Waals surface area contributed by atoms with Crippen LogP contribution in [0, 0.1) is 5.82 Å². The lowest BCUT2D eigenvalue weighted by atomic mass is 10.0. The second kappa shape index (κ2) is 11.0. The van der Waals surface area contributed by atoms with Gasteiger partial charge in [-0.3, -0.25) is 4.79 Å². The lowest BCUT2D eigenvalue weighted by molar-refractivity contribution is -0.132. The molecule has 8 heteroatoms. The number of nitrogens with zero attached hydrogens (tertiary/aromatic N) is 2. The number of carbonyl (C=O) groups excluding carboxylic acids is 1. The summed E-state index contributed by atoms with van der Waals surface area (Å²) in [4.78, 5) is 14.8. The molecular weight excluding hydrogens is 427 g/mol. The van der Waals surface area contributed by atoms with E-state index in [1.165, 1.54) is 19.2 Å². The van der Waals surface area contributed by atoms with E-state index in [9.17, 15) is 9.18 Å². The van der Waals surface area contributed by atoms with Gasteiger partial charge in [0.15, 0.2) is 0 Å². The summed E-state index contributed by atoms with van der Waals surface area (Å²) in [5.41, 5.74) is 2.80. The molecule has 0 N–H and O–H groups in total. The second-order valence-electron chi connectivity index (χ2n) is 7.86. The summed E-state index contributed by atoms with van der Waals surface area (Å²) in [7, 11) is 1.52. The van der Waals surface area contributed by atoms with Gasteiger partial charge in [-0.1, -0.05) is 24.3 Å². The average Bonchev–Trinajstić information content (AvgIpc) is 3.28. The van der Waals surface area contributed by atoms with Gasteiger partial charge in [-0.15, -0.1) is 0 Å². The molecule has 0 spiro atoms. The number of fused-ring (bicyclic) bond motifs is 3. The monoisotopic (exact) mass is 454 g/mol. The third-order valence-electron chi connectivity index (χ3n) is 5.46. The zero-order valence-electron chi connectivity index (χ0n) is 18.6. The van der Waals surface area contributed by atoms with Crippen LogP contribution in [0.3, 0.4) is 0 Å². The van der Waals surface area contributed by atoms with E-state index in [-0.39, 0.29) is 18.1 Å². The summed E-state index contributed by atoms with van der Waals surface area (Å²) in [6.07, 6.45) is 1.25. The van der Waals surface area contributed by atoms with Gasteiger partial charge in [0, 0.05) is 44.0 Å². The van der Waals surface area contributed by atoms with Gasteiger partial charge in [0.2, 0.25) is 5.91 Å². The van der Waals surface area contributed by atoms with Crippen molar-refractivity contribution in [3.63, 3.8) is 0 Å². The molecule has 33 heavy (non-hydrogen) atoms. The molecule has 0 aliphatic carbocycles. The molecule has 0 atom stereocenters. The van der Waals surface area contributed by atoms with Crippen LogP contribution in [0.5, 0.6) is 11.6 Å². The van der Waals surface area contributed by atoms with Crippen molar-refractivity contribution in [2.24, 2.45) is 0 Å². The second-order valence-corrected chi connectivity index (χ2v) is 7.86. The predicted octanol–water partition coefficient (Wildman–Crippen LogP) is 3.78. The fraction of sp³-hybridized carbons (Fsp3) is 0.360. The van der Waals surface area contributed by atoms with Crippen molar-refractivity contribution in [2.75, 3.05) is 33.5 Å². The van der Waals surface area contributed by atoms with Gasteiger partial charge in [-0.2, -0.15) is 0 Å². The average molecular weight is 454 g/mol. The summed E-state index contributed by atoms with van der Waals surface area (Å²) in [5.74, 6) is 1.35. The number of amides is 1. The Morgan fingerprint density at radius 2 is 2.00 bits per heavy atom. The van der Waals surface area contributed by atoms with E-state index >= 15 is 0 Å². The van der Waals surface area contributed by atoms with Gasteiger partial charge in [0.05, 0.1) is 20.3 Å². The van der Waals surface area contributed by atoms with Gasteiger partial charge in [0.1, 0.15) is 23.9 Å². The summed E-state index contributed by atoms with van der Waals surface area (Å²) >= 11 is 0. The van der Waals surface area contributed by atoms with Crippen LogP contribution >= 0.6 is 0 Å². The van der Waals surface area contributed by atoms with Gasteiger partial charge in [-0.25, -0.2) is 4.39 Å². The first-order valence-electron chi connectivity index (χ1n) is 10.9. The maximum absolute atomic E-state index is 13.9. The van der Waals surface area contributed by atoms with Crippen molar-refractivity contribution >= 4 is 5.91 Å². The molecule has 0 unspecified atom stereocenters. The van der Waals surface area contributed by atoms with Crippen molar-refractivity contribution in [3.05, 3.63) is 76.8 Å². The lowest BCUT2D eigenvalue weighted by Gasteiger charge is -2.23. The first kappa shape index (κ1) is 22.8. The largest absolute Gasteiger partial charge is 0.491 e. The van der Waals surface area contributed by atoms with E-state index < -0.39 is 0 Å². The predicted molar refractivity (Wildman–Crippen MR) is 119 cm³/mol. The molecule has 0 fully saturated rings. The highest BCUT2D eigenvalue weighted by Crippen LogP contribution is 2.24. The Kier molecular flexibility index (Phi) is 7.57. The molecule has 0 radical (unpaired) electrons. The van der Waals surface area contributed by atoms with Crippen LogP contribution in [-0.4, -0.2) is 49.4 Å². The summed E-state index contributed by atoms with van der Waals surface area (Å²) in [5, 5.41) is 3.77. The van der Waals surface area contributed by atoms with E-state index in [4.69, 9.17) is 18.7 Å². The quantitative estimate of drug-likeness (QED) is 0.597. The molecule has 2 aromatic carbocycles.